The zero-order valence-electron chi connectivity index (χ0n) is 8.62. The smallest absolute Gasteiger partial charge is 0.0723 e. The maximum Gasteiger partial charge on any atom is 0.0723 e. The zero-order valence-corrected chi connectivity index (χ0v) is 8.62. The number of hydrogen-bond donors (Lipinski definition) is 1. The fraction of sp³-hybridized carbons (Fsp3) is 0.154. The van der Waals surface area contributed by atoms with Crippen LogP contribution in [0.5, 0.6) is 0 Å². The third-order valence-corrected chi connectivity index (χ3v) is 2.84. The third kappa shape index (κ3) is 1.22. The predicted octanol–water partition coefficient (Wildman–Crippen LogP) is 3.28. The zero-order chi connectivity index (χ0) is 10.3. The Labute approximate surface area is 88.0 Å². The Hall–Kier alpha value is -1.83. The van der Waals surface area contributed by atoms with Crippen molar-refractivity contribution in [3.05, 3.63) is 42.2 Å². The number of aromatic nitrogens is 2. The first kappa shape index (κ1) is 8.48. The fourth-order valence-corrected chi connectivity index (χ4v) is 1.98. The third-order valence-electron chi connectivity index (χ3n) is 2.84. The second-order valence-corrected chi connectivity index (χ2v) is 3.74. The molecule has 0 unspecified atom stereocenters. The molecule has 0 aliphatic rings. The number of H-pyrrole nitrogens is 1. The molecule has 0 amide bonds. The van der Waals surface area contributed by atoms with Gasteiger partial charge < -0.3 is 4.98 Å². The molecule has 2 nitrogen and oxygen atoms in total. The van der Waals surface area contributed by atoms with E-state index in [-0.39, 0.29) is 0 Å². The van der Waals surface area contributed by atoms with Crippen LogP contribution in [-0.4, -0.2) is 9.97 Å². The molecular weight excluding hydrogens is 184 g/mol. The Bertz CT molecular complexity index is 623. The number of aromatic amines is 1. The number of pyridine rings is 1. The minimum Gasteiger partial charge on any atom is -0.358 e. The number of nitrogens with one attached hydrogen (secondary N) is 1. The Kier molecular flexibility index (Phi) is 1.75. The van der Waals surface area contributed by atoms with E-state index in [4.69, 9.17) is 0 Å². The highest BCUT2D eigenvalue weighted by Crippen LogP contribution is 2.23. The van der Waals surface area contributed by atoms with E-state index < -0.39 is 0 Å². The number of benzene rings is 1. The van der Waals surface area contributed by atoms with Crippen LogP contribution in [0.2, 0.25) is 0 Å². The first-order chi connectivity index (χ1) is 7.38. The van der Waals surface area contributed by atoms with Crippen LogP contribution in [0.3, 0.4) is 0 Å². The molecular formula is C13H12N2. The lowest BCUT2D eigenvalue weighted by atomic mass is 10.1. The molecule has 2 heterocycles. The van der Waals surface area contributed by atoms with Crippen LogP contribution in [-0.2, 0) is 6.42 Å². The summed E-state index contributed by atoms with van der Waals surface area (Å²) in [5.41, 5.74) is 3.52. The average molecular weight is 196 g/mol. The standard InChI is InChI=1S/C13H12N2/c1-2-10-5-3-9-4-6-12-11(7-8-14-12)13(9)15-10/h3-8,15H,2H2,1H3. The van der Waals surface area contributed by atoms with Crippen molar-refractivity contribution in [2.75, 3.05) is 0 Å². The molecule has 0 saturated carbocycles. The van der Waals surface area contributed by atoms with Gasteiger partial charge in [0.1, 0.15) is 0 Å². The molecule has 3 aromatic rings. The Balaban J connectivity index is 2.48. The van der Waals surface area contributed by atoms with Crippen LogP contribution in [0, 0.1) is 0 Å². The van der Waals surface area contributed by atoms with Gasteiger partial charge in [0, 0.05) is 17.3 Å². The lowest BCUT2D eigenvalue weighted by Crippen LogP contribution is -1.87. The van der Waals surface area contributed by atoms with E-state index in [1.165, 1.54) is 22.0 Å². The number of nitrogens with zero attached hydrogens (tertiary/aromatic N) is 1. The molecule has 0 spiro atoms. The molecule has 0 saturated heterocycles. The molecule has 74 valence electrons. The summed E-state index contributed by atoms with van der Waals surface area (Å²) in [6.45, 7) is 2.15. The molecule has 0 atom stereocenters. The van der Waals surface area contributed by atoms with Gasteiger partial charge in [0.15, 0.2) is 0 Å². The van der Waals surface area contributed by atoms with Crippen molar-refractivity contribution in [2.24, 2.45) is 0 Å². The monoisotopic (exact) mass is 196 g/mol. The van der Waals surface area contributed by atoms with Gasteiger partial charge in [-0.25, -0.2) is 0 Å². The predicted molar refractivity (Wildman–Crippen MR) is 63.0 cm³/mol. The molecule has 1 aromatic carbocycles. The first-order valence-electron chi connectivity index (χ1n) is 5.24. The topological polar surface area (TPSA) is 28.7 Å². The van der Waals surface area contributed by atoms with Crippen molar-refractivity contribution in [1.29, 1.82) is 0 Å². The molecule has 1 N–H and O–H groups in total. The highest BCUT2D eigenvalue weighted by Gasteiger charge is 2.02. The van der Waals surface area contributed by atoms with Gasteiger partial charge in [0.05, 0.1) is 11.0 Å². The van der Waals surface area contributed by atoms with E-state index in [0.717, 1.165) is 11.9 Å². The van der Waals surface area contributed by atoms with E-state index >= 15 is 0 Å². The maximum absolute atomic E-state index is 4.30. The summed E-state index contributed by atoms with van der Waals surface area (Å²) in [5, 5.41) is 2.45. The van der Waals surface area contributed by atoms with Crippen molar-refractivity contribution in [1.82, 2.24) is 9.97 Å². The van der Waals surface area contributed by atoms with Crippen molar-refractivity contribution in [3.8, 4) is 0 Å². The lowest BCUT2D eigenvalue weighted by molar-refractivity contribution is 1.06. The van der Waals surface area contributed by atoms with Gasteiger partial charge >= 0.3 is 0 Å². The molecule has 2 heteroatoms. The summed E-state index contributed by atoms with van der Waals surface area (Å²) in [6.07, 6.45) is 2.89. The minimum atomic E-state index is 1.03. The van der Waals surface area contributed by atoms with Gasteiger partial charge in [-0.1, -0.05) is 19.1 Å². The molecule has 3 rings (SSSR count). The van der Waals surface area contributed by atoms with E-state index in [9.17, 15) is 0 Å². The second-order valence-electron chi connectivity index (χ2n) is 3.74. The Morgan fingerprint density at radius 3 is 2.87 bits per heavy atom. The Morgan fingerprint density at radius 2 is 2.00 bits per heavy atom. The summed E-state index contributed by atoms with van der Waals surface area (Å²) >= 11 is 0. The molecule has 0 bridgehead atoms. The highest BCUT2D eigenvalue weighted by atomic mass is 14.7. The summed E-state index contributed by atoms with van der Waals surface area (Å²) in [4.78, 5) is 7.77. The molecule has 0 radical (unpaired) electrons. The molecule has 15 heavy (non-hydrogen) atoms. The van der Waals surface area contributed by atoms with Crippen LogP contribution in [0.15, 0.2) is 36.5 Å². The minimum absolute atomic E-state index is 1.03. The van der Waals surface area contributed by atoms with E-state index in [0.29, 0.717) is 0 Å². The summed E-state index contributed by atoms with van der Waals surface area (Å²) in [6, 6.07) is 10.5. The van der Waals surface area contributed by atoms with Crippen LogP contribution in [0.4, 0.5) is 0 Å². The van der Waals surface area contributed by atoms with Crippen molar-refractivity contribution in [3.63, 3.8) is 0 Å². The van der Waals surface area contributed by atoms with Crippen LogP contribution >= 0.6 is 0 Å². The van der Waals surface area contributed by atoms with Gasteiger partial charge in [-0.3, -0.25) is 4.98 Å². The Morgan fingerprint density at radius 1 is 1.13 bits per heavy atom. The van der Waals surface area contributed by atoms with Gasteiger partial charge in [-0.15, -0.1) is 0 Å². The lowest BCUT2D eigenvalue weighted by Gasteiger charge is -2.03. The van der Waals surface area contributed by atoms with Crippen LogP contribution < -0.4 is 0 Å². The van der Waals surface area contributed by atoms with Crippen molar-refractivity contribution >= 4 is 21.8 Å². The summed E-state index contributed by atoms with van der Waals surface area (Å²) < 4.78 is 0. The second kappa shape index (κ2) is 3.09. The van der Waals surface area contributed by atoms with Crippen LogP contribution in [0.1, 0.15) is 12.6 Å². The largest absolute Gasteiger partial charge is 0.358 e. The van der Waals surface area contributed by atoms with Crippen LogP contribution in [0.25, 0.3) is 21.8 Å². The number of hydrogen-bond acceptors (Lipinski definition) is 1. The normalized spacial score (nSPS) is 11.3. The molecule has 0 aliphatic carbocycles. The SMILES string of the molecule is CCc1ccc2ccc3nccc3c2[nH]1. The maximum atomic E-state index is 4.30. The molecule has 0 aliphatic heterocycles. The van der Waals surface area contributed by atoms with E-state index in [1.807, 2.05) is 6.20 Å². The van der Waals surface area contributed by atoms with Crippen molar-refractivity contribution < 1.29 is 0 Å². The highest BCUT2D eigenvalue weighted by molar-refractivity contribution is 6.03. The van der Waals surface area contributed by atoms with E-state index in [2.05, 4.69) is 47.2 Å². The van der Waals surface area contributed by atoms with Gasteiger partial charge in [0.2, 0.25) is 0 Å². The number of fused-ring (bicyclic) bond motifs is 3. The quantitative estimate of drug-likeness (QED) is 0.635. The van der Waals surface area contributed by atoms with Crippen molar-refractivity contribution in [2.45, 2.75) is 13.3 Å². The molecule has 0 fully saturated rings. The fourth-order valence-electron chi connectivity index (χ4n) is 1.98. The van der Waals surface area contributed by atoms with E-state index in [1.54, 1.807) is 0 Å². The summed E-state index contributed by atoms with van der Waals surface area (Å²) in [7, 11) is 0. The molecule has 2 aromatic heterocycles. The first-order valence-corrected chi connectivity index (χ1v) is 5.24. The van der Waals surface area contributed by atoms with Gasteiger partial charge in [-0.05, 0) is 30.0 Å². The number of aryl methyl sites for hydroxylation is 1. The number of rotatable bonds is 1. The average Bonchev–Trinajstić information content (AvgIpc) is 2.76. The van der Waals surface area contributed by atoms with Gasteiger partial charge in [0.25, 0.3) is 0 Å². The summed E-state index contributed by atoms with van der Waals surface area (Å²) in [5.74, 6) is 0. The van der Waals surface area contributed by atoms with Gasteiger partial charge in [-0.2, -0.15) is 0 Å².